The van der Waals surface area contributed by atoms with Gasteiger partial charge >= 0.3 is 6.09 Å². The number of carbonyl (C=O) groups is 1. The average Bonchev–Trinajstić information content (AvgIpc) is 3.05. The highest BCUT2D eigenvalue weighted by Gasteiger charge is 2.30. The SMILES string of the molecule is CCOC(=O)N(C)C1CCN([C@H](C)c2nc3ccccc3o2)CC1. The molecule has 2 heterocycles. The maximum Gasteiger partial charge on any atom is 0.409 e. The summed E-state index contributed by atoms with van der Waals surface area (Å²) in [6.45, 7) is 6.19. The fourth-order valence-electron chi connectivity index (χ4n) is 3.26. The molecule has 130 valence electrons. The molecule has 6 nitrogen and oxygen atoms in total. The molecule has 1 aromatic heterocycles. The molecule has 6 heteroatoms. The van der Waals surface area contributed by atoms with Crippen LogP contribution >= 0.6 is 0 Å². The van der Waals surface area contributed by atoms with Gasteiger partial charge in [0.15, 0.2) is 5.58 Å². The van der Waals surface area contributed by atoms with Gasteiger partial charge in [0.1, 0.15) is 5.52 Å². The first kappa shape index (κ1) is 16.8. The molecule has 0 bridgehead atoms. The quantitative estimate of drug-likeness (QED) is 0.859. The maximum atomic E-state index is 11.8. The molecule has 1 atom stereocenters. The molecule has 2 aromatic rings. The highest BCUT2D eigenvalue weighted by molar-refractivity contribution is 5.72. The molecule has 1 fully saturated rings. The Morgan fingerprint density at radius 1 is 1.42 bits per heavy atom. The Morgan fingerprint density at radius 2 is 2.12 bits per heavy atom. The molecule has 1 saturated heterocycles. The molecule has 0 aliphatic carbocycles. The minimum atomic E-state index is -0.233. The Balaban J connectivity index is 1.60. The van der Waals surface area contributed by atoms with Crippen molar-refractivity contribution in [3.05, 3.63) is 30.2 Å². The van der Waals surface area contributed by atoms with Crippen LogP contribution in [0.2, 0.25) is 0 Å². The Labute approximate surface area is 142 Å². The van der Waals surface area contributed by atoms with E-state index in [0.717, 1.165) is 42.9 Å². The van der Waals surface area contributed by atoms with Crippen LogP contribution in [0.5, 0.6) is 0 Å². The minimum absolute atomic E-state index is 0.131. The van der Waals surface area contributed by atoms with Gasteiger partial charge in [0, 0.05) is 26.2 Å². The van der Waals surface area contributed by atoms with Gasteiger partial charge in [0.2, 0.25) is 5.89 Å². The first-order chi connectivity index (χ1) is 11.6. The maximum absolute atomic E-state index is 11.8. The lowest BCUT2D eigenvalue weighted by atomic mass is 10.0. The van der Waals surface area contributed by atoms with Crippen molar-refractivity contribution < 1.29 is 13.9 Å². The number of aromatic nitrogens is 1. The van der Waals surface area contributed by atoms with E-state index in [0.29, 0.717) is 6.61 Å². The molecule has 0 N–H and O–H groups in total. The fourth-order valence-corrected chi connectivity index (χ4v) is 3.26. The lowest BCUT2D eigenvalue weighted by Crippen LogP contribution is -2.46. The zero-order valence-electron chi connectivity index (χ0n) is 14.6. The third kappa shape index (κ3) is 3.38. The second kappa shape index (κ2) is 7.21. The average molecular weight is 331 g/mol. The van der Waals surface area contributed by atoms with Gasteiger partial charge in [0.05, 0.1) is 12.6 Å². The lowest BCUT2D eigenvalue weighted by molar-refractivity contribution is 0.0684. The van der Waals surface area contributed by atoms with Gasteiger partial charge in [-0.25, -0.2) is 9.78 Å². The Bertz CT molecular complexity index is 659. The third-order valence-corrected chi connectivity index (χ3v) is 4.82. The zero-order valence-corrected chi connectivity index (χ0v) is 14.6. The largest absolute Gasteiger partial charge is 0.450 e. The van der Waals surface area contributed by atoms with E-state index in [1.54, 1.807) is 4.90 Å². The van der Waals surface area contributed by atoms with Crippen LogP contribution in [0.4, 0.5) is 4.79 Å². The molecule has 1 amide bonds. The molecule has 0 radical (unpaired) electrons. The molecule has 0 unspecified atom stereocenters. The van der Waals surface area contributed by atoms with Crippen LogP contribution in [0.25, 0.3) is 11.1 Å². The molecular formula is C18H25N3O3. The van der Waals surface area contributed by atoms with E-state index in [-0.39, 0.29) is 18.2 Å². The van der Waals surface area contributed by atoms with Crippen molar-refractivity contribution in [2.45, 2.75) is 38.8 Å². The topological polar surface area (TPSA) is 58.8 Å². The van der Waals surface area contributed by atoms with Crippen molar-refractivity contribution in [1.82, 2.24) is 14.8 Å². The predicted molar refractivity (Wildman–Crippen MR) is 91.8 cm³/mol. The number of benzene rings is 1. The number of hydrogen-bond donors (Lipinski definition) is 0. The second-order valence-corrected chi connectivity index (χ2v) is 6.27. The minimum Gasteiger partial charge on any atom is -0.450 e. The number of amides is 1. The first-order valence-corrected chi connectivity index (χ1v) is 8.59. The van der Waals surface area contributed by atoms with E-state index >= 15 is 0 Å². The molecule has 1 aromatic carbocycles. The molecule has 0 spiro atoms. The predicted octanol–water partition coefficient (Wildman–Crippen LogP) is 3.44. The van der Waals surface area contributed by atoms with Gasteiger partial charge in [-0.3, -0.25) is 4.90 Å². The van der Waals surface area contributed by atoms with Gasteiger partial charge in [0.25, 0.3) is 0 Å². The van der Waals surface area contributed by atoms with Crippen molar-refractivity contribution in [3.63, 3.8) is 0 Å². The number of fused-ring (bicyclic) bond motifs is 1. The van der Waals surface area contributed by atoms with E-state index in [1.165, 1.54) is 0 Å². The molecule has 0 saturated carbocycles. The van der Waals surface area contributed by atoms with Crippen LogP contribution in [0, 0.1) is 0 Å². The van der Waals surface area contributed by atoms with Crippen molar-refractivity contribution in [2.24, 2.45) is 0 Å². The number of hydrogen-bond acceptors (Lipinski definition) is 5. The smallest absolute Gasteiger partial charge is 0.409 e. The van der Waals surface area contributed by atoms with Gasteiger partial charge in [-0.05, 0) is 38.8 Å². The summed E-state index contributed by atoms with van der Waals surface area (Å²) in [5.74, 6) is 0.758. The van der Waals surface area contributed by atoms with Crippen LogP contribution in [0.15, 0.2) is 28.7 Å². The summed E-state index contributed by atoms with van der Waals surface area (Å²) in [6, 6.07) is 8.20. The standard InChI is InChI=1S/C18H25N3O3/c1-4-23-18(22)20(3)14-9-11-21(12-10-14)13(2)17-19-15-7-5-6-8-16(15)24-17/h5-8,13-14H,4,9-12H2,1-3H3/t13-/m1/s1. The summed E-state index contributed by atoms with van der Waals surface area (Å²) >= 11 is 0. The Hall–Kier alpha value is -2.08. The van der Waals surface area contributed by atoms with Crippen LogP contribution in [0.3, 0.4) is 0 Å². The molecule has 1 aliphatic rings. The third-order valence-electron chi connectivity index (χ3n) is 4.82. The summed E-state index contributed by atoms with van der Waals surface area (Å²) in [6.07, 6.45) is 1.63. The lowest BCUT2D eigenvalue weighted by Gasteiger charge is -2.38. The summed E-state index contributed by atoms with van der Waals surface area (Å²) in [4.78, 5) is 20.5. The van der Waals surface area contributed by atoms with Crippen molar-refractivity contribution in [1.29, 1.82) is 0 Å². The molecule has 3 rings (SSSR count). The number of nitrogens with zero attached hydrogens (tertiary/aromatic N) is 3. The van der Waals surface area contributed by atoms with Gasteiger partial charge in [-0.1, -0.05) is 12.1 Å². The normalized spacial score (nSPS) is 17.8. The van der Waals surface area contributed by atoms with Crippen LogP contribution in [0.1, 0.15) is 38.6 Å². The monoisotopic (exact) mass is 331 g/mol. The zero-order chi connectivity index (χ0) is 17.1. The van der Waals surface area contributed by atoms with E-state index in [1.807, 2.05) is 38.2 Å². The summed E-state index contributed by atoms with van der Waals surface area (Å²) < 4.78 is 11.0. The van der Waals surface area contributed by atoms with E-state index in [2.05, 4.69) is 16.8 Å². The van der Waals surface area contributed by atoms with Crippen LogP contribution in [-0.2, 0) is 4.74 Å². The van der Waals surface area contributed by atoms with Crippen LogP contribution < -0.4 is 0 Å². The van der Waals surface area contributed by atoms with E-state index < -0.39 is 0 Å². The molecule has 1 aliphatic heterocycles. The van der Waals surface area contributed by atoms with Crippen LogP contribution in [-0.4, -0.2) is 53.7 Å². The number of oxazole rings is 1. The highest BCUT2D eigenvalue weighted by atomic mass is 16.6. The summed E-state index contributed by atoms with van der Waals surface area (Å²) in [5.41, 5.74) is 1.73. The molecular weight excluding hydrogens is 306 g/mol. The number of likely N-dealkylation sites (tertiary alicyclic amines) is 1. The summed E-state index contributed by atoms with van der Waals surface area (Å²) in [5, 5.41) is 0. The Kier molecular flexibility index (Phi) is 5.04. The first-order valence-electron chi connectivity index (χ1n) is 8.59. The number of ether oxygens (including phenoxy) is 1. The number of rotatable bonds is 4. The van der Waals surface area contributed by atoms with Gasteiger partial charge < -0.3 is 14.1 Å². The van der Waals surface area contributed by atoms with E-state index in [4.69, 9.17) is 9.15 Å². The van der Waals surface area contributed by atoms with Crippen molar-refractivity contribution in [3.8, 4) is 0 Å². The summed E-state index contributed by atoms with van der Waals surface area (Å²) in [7, 11) is 1.82. The number of carbonyl (C=O) groups excluding carboxylic acids is 1. The van der Waals surface area contributed by atoms with Gasteiger partial charge in [-0.15, -0.1) is 0 Å². The highest BCUT2D eigenvalue weighted by Crippen LogP contribution is 2.27. The molecule has 24 heavy (non-hydrogen) atoms. The van der Waals surface area contributed by atoms with E-state index in [9.17, 15) is 4.79 Å². The second-order valence-electron chi connectivity index (χ2n) is 6.27. The van der Waals surface area contributed by atoms with Gasteiger partial charge in [-0.2, -0.15) is 0 Å². The van der Waals surface area contributed by atoms with Crippen molar-refractivity contribution >= 4 is 17.2 Å². The number of piperidine rings is 1. The number of para-hydroxylation sites is 2. The van der Waals surface area contributed by atoms with Crippen molar-refractivity contribution in [2.75, 3.05) is 26.7 Å². The fraction of sp³-hybridized carbons (Fsp3) is 0.556. The Morgan fingerprint density at radius 3 is 2.79 bits per heavy atom.